The van der Waals surface area contributed by atoms with Crippen LogP contribution in [-0.2, 0) is 19.0 Å². The highest BCUT2D eigenvalue weighted by Crippen LogP contribution is 2.35. The number of amides is 1. The maximum absolute atomic E-state index is 11.6. The minimum atomic E-state index is -1.06. The largest absolute Gasteiger partial charge is 0.461 e. The van der Waals surface area contributed by atoms with Crippen molar-refractivity contribution in [2.75, 3.05) is 6.61 Å². The van der Waals surface area contributed by atoms with Gasteiger partial charge in [0.2, 0.25) is 12.2 Å². The Morgan fingerprint density at radius 2 is 2.12 bits per heavy atom. The summed E-state index contributed by atoms with van der Waals surface area (Å²) in [5.74, 6) is -0.877. The molecule has 0 unspecified atom stereocenters. The number of nitrogens with one attached hydrogen (secondary N) is 1. The van der Waals surface area contributed by atoms with Crippen molar-refractivity contribution >= 4 is 29.1 Å². The lowest BCUT2D eigenvalue weighted by atomic mass is 9.95. The molecule has 0 bridgehead atoms. The number of hydrogen-bond donors (Lipinski definition) is 2. The third-order valence-electron chi connectivity index (χ3n) is 4.20. The molecule has 2 fully saturated rings. The van der Waals surface area contributed by atoms with Gasteiger partial charge in [-0.2, -0.15) is 0 Å². The Morgan fingerprint density at radius 3 is 2.77 bits per heavy atom. The summed E-state index contributed by atoms with van der Waals surface area (Å²) in [6.45, 7) is 5.06. The lowest BCUT2D eigenvalue weighted by molar-refractivity contribution is -0.361. The van der Waals surface area contributed by atoms with Gasteiger partial charge < -0.3 is 29.4 Å². The number of carbonyl (C=O) groups excluding carboxylic acids is 1. The molecule has 0 radical (unpaired) electrons. The van der Waals surface area contributed by atoms with E-state index < -0.39 is 36.4 Å². The molecule has 144 valence electrons. The average Bonchev–Trinajstić information content (AvgIpc) is 2.53. The number of fused-ring (bicyclic) bond motifs is 1. The fourth-order valence-electron chi connectivity index (χ4n) is 3.03. The lowest BCUT2D eigenvalue weighted by Gasteiger charge is -2.49. The number of hydrogen-bond acceptors (Lipinski definition) is 6. The van der Waals surface area contributed by atoms with Crippen LogP contribution in [0.5, 0.6) is 5.75 Å². The summed E-state index contributed by atoms with van der Waals surface area (Å²) in [5.41, 5.74) is 0. The van der Waals surface area contributed by atoms with Crippen LogP contribution in [0.25, 0.3) is 0 Å². The van der Waals surface area contributed by atoms with Crippen molar-refractivity contribution in [3.8, 4) is 5.75 Å². The Balaban J connectivity index is 1.84. The van der Waals surface area contributed by atoms with Crippen LogP contribution in [0.2, 0.25) is 10.0 Å². The number of benzene rings is 1. The van der Waals surface area contributed by atoms with E-state index in [1.807, 2.05) is 0 Å². The summed E-state index contributed by atoms with van der Waals surface area (Å²) in [6.07, 6.45) is -3.27. The van der Waals surface area contributed by atoms with E-state index >= 15 is 0 Å². The molecular formula is C17H21Cl2NO6. The second kappa shape index (κ2) is 7.50. The van der Waals surface area contributed by atoms with Crippen molar-refractivity contribution in [3.63, 3.8) is 0 Å². The molecule has 5 atom stereocenters. The van der Waals surface area contributed by atoms with Gasteiger partial charge >= 0.3 is 0 Å². The maximum atomic E-state index is 11.6. The van der Waals surface area contributed by atoms with Crippen molar-refractivity contribution in [1.29, 1.82) is 0 Å². The minimum Gasteiger partial charge on any atom is -0.461 e. The summed E-state index contributed by atoms with van der Waals surface area (Å²) in [7, 11) is 0. The van der Waals surface area contributed by atoms with E-state index in [2.05, 4.69) is 5.32 Å². The Bertz CT molecular complexity index is 685. The molecule has 2 N–H and O–H groups in total. The molecule has 2 aliphatic heterocycles. The van der Waals surface area contributed by atoms with Crippen LogP contribution in [0, 0.1) is 0 Å². The molecule has 1 amide bonds. The van der Waals surface area contributed by atoms with Crippen molar-refractivity contribution in [1.82, 2.24) is 5.32 Å². The second-order valence-electron chi connectivity index (χ2n) is 6.75. The number of halogens is 2. The van der Waals surface area contributed by atoms with Crippen LogP contribution in [0.15, 0.2) is 18.2 Å². The van der Waals surface area contributed by atoms with Crippen LogP contribution in [0.1, 0.15) is 20.8 Å². The molecule has 2 heterocycles. The summed E-state index contributed by atoms with van der Waals surface area (Å²) >= 11 is 12.0. The molecule has 3 rings (SSSR count). The predicted molar refractivity (Wildman–Crippen MR) is 94.3 cm³/mol. The van der Waals surface area contributed by atoms with E-state index in [1.54, 1.807) is 26.0 Å². The van der Waals surface area contributed by atoms with Gasteiger partial charge in [-0.1, -0.05) is 23.2 Å². The van der Waals surface area contributed by atoms with Crippen LogP contribution < -0.4 is 10.1 Å². The molecule has 7 nitrogen and oxygen atoms in total. The first-order valence-corrected chi connectivity index (χ1v) is 8.96. The average molecular weight is 406 g/mol. The summed E-state index contributed by atoms with van der Waals surface area (Å²) in [6, 6.07) is 3.89. The zero-order valence-electron chi connectivity index (χ0n) is 14.6. The van der Waals surface area contributed by atoms with Gasteiger partial charge in [-0.15, -0.1) is 0 Å². The smallest absolute Gasteiger partial charge is 0.223 e. The number of rotatable bonds is 3. The molecule has 26 heavy (non-hydrogen) atoms. The summed E-state index contributed by atoms with van der Waals surface area (Å²) in [4.78, 5) is 11.6. The third-order valence-corrected chi connectivity index (χ3v) is 4.73. The SMILES string of the molecule is CC(=O)N[C@H]1[C@@H](Oc2ccc(Cl)cc2Cl)O[C@@H]2COC(C)(C)O[C@@H]2[C@@H]1O. The van der Waals surface area contributed by atoms with Crippen molar-refractivity contribution in [3.05, 3.63) is 28.2 Å². The Hall–Kier alpha value is -1.09. The monoisotopic (exact) mass is 405 g/mol. The van der Waals surface area contributed by atoms with Gasteiger partial charge in [-0.05, 0) is 32.0 Å². The molecule has 0 spiro atoms. The van der Waals surface area contributed by atoms with E-state index in [0.717, 1.165) is 0 Å². The van der Waals surface area contributed by atoms with E-state index in [1.165, 1.54) is 13.0 Å². The molecule has 0 saturated carbocycles. The first-order valence-electron chi connectivity index (χ1n) is 8.20. The Labute approximate surface area is 161 Å². The quantitative estimate of drug-likeness (QED) is 0.800. The number of aliphatic hydroxyl groups excluding tert-OH is 1. The highest BCUT2D eigenvalue weighted by Gasteiger charge is 2.52. The van der Waals surface area contributed by atoms with Crippen molar-refractivity contribution in [2.45, 2.75) is 57.2 Å². The zero-order valence-corrected chi connectivity index (χ0v) is 16.1. The first kappa shape index (κ1) is 19.7. The molecule has 9 heteroatoms. The topological polar surface area (TPSA) is 86.3 Å². The van der Waals surface area contributed by atoms with Gasteiger partial charge in [-0.25, -0.2) is 0 Å². The molecular weight excluding hydrogens is 385 g/mol. The Kier molecular flexibility index (Phi) is 5.67. The van der Waals surface area contributed by atoms with E-state index in [-0.39, 0.29) is 17.5 Å². The summed E-state index contributed by atoms with van der Waals surface area (Å²) < 4.78 is 23.1. The highest BCUT2D eigenvalue weighted by atomic mass is 35.5. The van der Waals surface area contributed by atoms with Crippen LogP contribution in [0.3, 0.4) is 0 Å². The van der Waals surface area contributed by atoms with Gasteiger partial charge in [0.25, 0.3) is 0 Å². The van der Waals surface area contributed by atoms with Crippen LogP contribution >= 0.6 is 23.2 Å². The number of ether oxygens (including phenoxy) is 4. The van der Waals surface area contributed by atoms with Gasteiger partial charge in [-0.3, -0.25) is 4.79 Å². The molecule has 0 aliphatic carbocycles. The molecule has 0 aromatic heterocycles. The van der Waals surface area contributed by atoms with E-state index in [0.29, 0.717) is 10.8 Å². The van der Waals surface area contributed by atoms with Crippen LogP contribution in [0.4, 0.5) is 0 Å². The van der Waals surface area contributed by atoms with Crippen molar-refractivity contribution < 1.29 is 28.8 Å². The minimum absolute atomic E-state index is 0.218. The first-order chi connectivity index (χ1) is 12.2. The number of aliphatic hydroxyl groups is 1. The molecule has 1 aromatic carbocycles. The van der Waals surface area contributed by atoms with E-state index in [9.17, 15) is 9.90 Å². The molecule has 2 aliphatic rings. The van der Waals surface area contributed by atoms with Gasteiger partial charge in [0, 0.05) is 11.9 Å². The standard InChI is InChI=1S/C17H21Cl2NO6/c1-8(21)20-13-14(22)15-12(7-23-17(2,3)26-15)25-16(13)24-11-5-4-9(18)6-10(11)19/h4-6,12-16,22H,7H2,1-3H3,(H,20,21)/t12-,13-,14-,15+,16+/m1/s1. The van der Waals surface area contributed by atoms with Gasteiger partial charge in [0.15, 0.2) is 5.79 Å². The summed E-state index contributed by atoms with van der Waals surface area (Å²) in [5, 5.41) is 14.2. The van der Waals surface area contributed by atoms with Gasteiger partial charge in [0.1, 0.15) is 30.1 Å². The highest BCUT2D eigenvalue weighted by molar-refractivity contribution is 6.35. The zero-order chi connectivity index (χ0) is 19.1. The van der Waals surface area contributed by atoms with Crippen LogP contribution in [-0.4, -0.2) is 54.1 Å². The molecule has 1 aromatic rings. The third kappa shape index (κ3) is 4.24. The fourth-order valence-corrected chi connectivity index (χ4v) is 3.48. The van der Waals surface area contributed by atoms with E-state index in [4.69, 9.17) is 42.1 Å². The molecule has 2 saturated heterocycles. The lowest BCUT2D eigenvalue weighted by Crippen LogP contribution is -2.69. The fraction of sp³-hybridized carbons (Fsp3) is 0.588. The maximum Gasteiger partial charge on any atom is 0.223 e. The normalized spacial score (nSPS) is 33.2. The number of carbonyl (C=O) groups is 1. The van der Waals surface area contributed by atoms with Crippen molar-refractivity contribution in [2.24, 2.45) is 0 Å². The second-order valence-corrected chi connectivity index (χ2v) is 7.59. The predicted octanol–water partition coefficient (Wildman–Crippen LogP) is 2.11. The Morgan fingerprint density at radius 1 is 1.38 bits per heavy atom. The van der Waals surface area contributed by atoms with Gasteiger partial charge in [0.05, 0.1) is 11.6 Å².